The number of hydrogen-bond donors (Lipinski definition) is 2. The maximum absolute atomic E-state index is 9.37. The smallest absolute Gasteiger partial charge is 0.104 e. The lowest BCUT2D eigenvalue weighted by molar-refractivity contribution is -0.118. The molecular formula is C7H9ClO3. The molecule has 11 heavy (non-hydrogen) atoms. The van der Waals surface area contributed by atoms with Gasteiger partial charge < -0.3 is 14.9 Å². The number of aliphatic hydroxyl groups excluding tert-OH is 2. The summed E-state index contributed by atoms with van der Waals surface area (Å²) in [5, 5.41) is 18.1. The van der Waals surface area contributed by atoms with Gasteiger partial charge in [-0.3, -0.25) is 0 Å². The molecule has 2 bridgehead atoms. The molecule has 2 aliphatic heterocycles. The Morgan fingerprint density at radius 1 is 1.09 bits per heavy atom. The lowest BCUT2D eigenvalue weighted by Gasteiger charge is -2.34. The molecule has 4 heteroatoms. The van der Waals surface area contributed by atoms with Crippen molar-refractivity contribution in [2.24, 2.45) is 0 Å². The van der Waals surface area contributed by atoms with E-state index in [0.717, 1.165) is 0 Å². The van der Waals surface area contributed by atoms with E-state index in [1.165, 1.54) is 0 Å². The van der Waals surface area contributed by atoms with Gasteiger partial charge in [0.25, 0.3) is 0 Å². The number of fused-ring (bicyclic) bond motifs is 2. The van der Waals surface area contributed by atoms with E-state index in [1.54, 1.807) is 12.2 Å². The number of aliphatic hydroxyl groups is 2. The second-order valence-electron chi connectivity index (χ2n) is 2.88. The summed E-state index contributed by atoms with van der Waals surface area (Å²) in [5.74, 6) is 0. The van der Waals surface area contributed by atoms with Gasteiger partial charge in [0, 0.05) is 0 Å². The fourth-order valence-electron chi connectivity index (χ4n) is 1.44. The summed E-state index contributed by atoms with van der Waals surface area (Å²) in [4.78, 5) is 0. The SMILES string of the molecule is O[C@@H]1C(Cl)[C@H](O)[C@@H]2C=C[C@H]1O2. The van der Waals surface area contributed by atoms with E-state index in [4.69, 9.17) is 16.3 Å². The normalized spacial score (nSPS) is 55.0. The number of halogens is 1. The van der Waals surface area contributed by atoms with E-state index in [-0.39, 0.29) is 12.2 Å². The number of hydrogen-bond acceptors (Lipinski definition) is 3. The molecule has 2 aliphatic rings. The van der Waals surface area contributed by atoms with Crippen molar-refractivity contribution in [1.82, 2.24) is 0 Å². The standard InChI is InChI=1S/C7H9ClO3/c8-5-6(9)3-1-2-4(11-3)7(5)10/h1-7,9-10H/t3-,4+,5?,6+,7-. The van der Waals surface area contributed by atoms with Crippen molar-refractivity contribution in [1.29, 1.82) is 0 Å². The number of ether oxygens (including phenoxy) is 1. The number of rotatable bonds is 0. The molecule has 0 saturated carbocycles. The maximum atomic E-state index is 9.37. The average molecular weight is 177 g/mol. The highest BCUT2D eigenvalue weighted by Crippen LogP contribution is 2.30. The summed E-state index contributed by atoms with van der Waals surface area (Å²) >= 11 is 5.73. The van der Waals surface area contributed by atoms with Gasteiger partial charge in [0.1, 0.15) is 24.4 Å². The van der Waals surface area contributed by atoms with Gasteiger partial charge in [-0.1, -0.05) is 12.2 Å². The Labute approximate surface area is 69.2 Å². The summed E-state index contributed by atoms with van der Waals surface area (Å²) in [6.07, 6.45) is 1.24. The van der Waals surface area contributed by atoms with Gasteiger partial charge in [0.2, 0.25) is 0 Å². The highest BCUT2D eigenvalue weighted by Gasteiger charge is 2.44. The maximum Gasteiger partial charge on any atom is 0.104 e. The Bertz CT molecular complexity index is 176. The van der Waals surface area contributed by atoms with Crippen molar-refractivity contribution in [3.05, 3.63) is 12.2 Å². The largest absolute Gasteiger partial charge is 0.388 e. The van der Waals surface area contributed by atoms with Gasteiger partial charge in [-0.05, 0) is 0 Å². The van der Waals surface area contributed by atoms with E-state index >= 15 is 0 Å². The molecule has 5 atom stereocenters. The van der Waals surface area contributed by atoms with Crippen molar-refractivity contribution in [2.45, 2.75) is 29.8 Å². The van der Waals surface area contributed by atoms with Crippen LogP contribution in [0.2, 0.25) is 0 Å². The summed E-state index contributed by atoms with van der Waals surface area (Å²) < 4.78 is 5.20. The molecule has 0 amide bonds. The average Bonchev–Trinajstić information content (AvgIpc) is 2.44. The summed E-state index contributed by atoms with van der Waals surface area (Å²) in [6.45, 7) is 0. The molecule has 1 fully saturated rings. The fourth-order valence-corrected chi connectivity index (χ4v) is 1.73. The molecule has 3 nitrogen and oxygen atoms in total. The zero-order valence-corrected chi connectivity index (χ0v) is 6.48. The number of alkyl halides is 1. The van der Waals surface area contributed by atoms with Gasteiger partial charge in [-0.15, -0.1) is 11.6 Å². The van der Waals surface area contributed by atoms with E-state index in [2.05, 4.69) is 0 Å². The first kappa shape index (κ1) is 7.55. The zero-order valence-electron chi connectivity index (χ0n) is 5.72. The summed E-state index contributed by atoms with van der Waals surface area (Å²) in [6, 6.07) is 0. The van der Waals surface area contributed by atoms with Crippen LogP contribution in [0.5, 0.6) is 0 Å². The Morgan fingerprint density at radius 3 is 2.00 bits per heavy atom. The van der Waals surface area contributed by atoms with Crippen LogP contribution in [0.25, 0.3) is 0 Å². The van der Waals surface area contributed by atoms with Crippen molar-refractivity contribution in [3.8, 4) is 0 Å². The minimum atomic E-state index is -0.790. The molecule has 2 heterocycles. The first-order chi connectivity index (χ1) is 5.20. The van der Waals surface area contributed by atoms with Crippen LogP contribution in [0.1, 0.15) is 0 Å². The van der Waals surface area contributed by atoms with Crippen molar-refractivity contribution >= 4 is 11.6 Å². The van der Waals surface area contributed by atoms with Crippen molar-refractivity contribution in [3.63, 3.8) is 0 Å². The van der Waals surface area contributed by atoms with E-state index < -0.39 is 17.6 Å². The third-order valence-corrected chi connectivity index (χ3v) is 2.65. The lowest BCUT2D eigenvalue weighted by Crippen LogP contribution is -2.51. The van der Waals surface area contributed by atoms with Gasteiger partial charge >= 0.3 is 0 Å². The van der Waals surface area contributed by atoms with Gasteiger partial charge in [0.05, 0.1) is 5.38 Å². The first-order valence-electron chi connectivity index (χ1n) is 3.54. The molecule has 0 aromatic heterocycles. The molecule has 1 saturated heterocycles. The Hall–Kier alpha value is -0.0900. The van der Waals surface area contributed by atoms with E-state index in [9.17, 15) is 10.2 Å². The van der Waals surface area contributed by atoms with Crippen LogP contribution in [0.4, 0.5) is 0 Å². The van der Waals surface area contributed by atoms with Crippen LogP contribution in [0.3, 0.4) is 0 Å². The summed E-state index contributed by atoms with van der Waals surface area (Å²) in [5.41, 5.74) is 0. The monoisotopic (exact) mass is 176 g/mol. The third-order valence-electron chi connectivity index (χ3n) is 2.13. The molecular weight excluding hydrogens is 168 g/mol. The fraction of sp³-hybridized carbons (Fsp3) is 0.714. The van der Waals surface area contributed by atoms with Crippen LogP contribution < -0.4 is 0 Å². The van der Waals surface area contributed by atoms with Crippen LogP contribution in [0, 0.1) is 0 Å². The molecule has 62 valence electrons. The minimum absolute atomic E-state index is 0.328. The van der Waals surface area contributed by atoms with Gasteiger partial charge in [0.15, 0.2) is 0 Å². The Kier molecular flexibility index (Phi) is 1.68. The highest BCUT2D eigenvalue weighted by atomic mass is 35.5. The quantitative estimate of drug-likeness (QED) is 0.392. The topological polar surface area (TPSA) is 49.7 Å². The first-order valence-corrected chi connectivity index (χ1v) is 3.98. The van der Waals surface area contributed by atoms with Gasteiger partial charge in [-0.25, -0.2) is 0 Å². The molecule has 0 aliphatic carbocycles. The molecule has 0 aromatic carbocycles. The van der Waals surface area contributed by atoms with Crippen LogP contribution in [-0.4, -0.2) is 40.0 Å². The zero-order chi connectivity index (χ0) is 8.01. The minimum Gasteiger partial charge on any atom is -0.388 e. The second-order valence-corrected chi connectivity index (χ2v) is 3.38. The molecule has 0 radical (unpaired) electrons. The predicted octanol–water partition coefficient (Wildman–Crippen LogP) is -0.347. The molecule has 1 unspecified atom stereocenters. The van der Waals surface area contributed by atoms with Crippen molar-refractivity contribution in [2.75, 3.05) is 0 Å². The highest BCUT2D eigenvalue weighted by molar-refractivity contribution is 6.21. The van der Waals surface area contributed by atoms with E-state index in [1.807, 2.05) is 0 Å². The molecule has 0 aromatic rings. The third kappa shape index (κ3) is 0.999. The van der Waals surface area contributed by atoms with Crippen LogP contribution >= 0.6 is 11.6 Å². The van der Waals surface area contributed by atoms with Crippen molar-refractivity contribution < 1.29 is 14.9 Å². The second kappa shape index (κ2) is 2.45. The summed E-state index contributed by atoms with van der Waals surface area (Å²) in [7, 11) is 0. The lowest BCUT2D eigenvalue weighted by atomic mass is 10.0. The Morgan fingerprint density at radius 2 is 1.55 bits per heavy atom. The Balaban J connectivity index is 2.22. The van der Waals surface area contributed by atoms with E-state index in [0.29, 0.717) is 0 Å². The predicted molar refractivity (Wildman–Crippen MR) is 39.5 cm³/mol. The molecule has 2 N–H and O–H groups in total. The molecule has 0 spiro atoms. The van der Waals surface area contributed by atoms with Crippen LogP contribution in [-0.2, 0) is 4.74 Å². The van der Waals surface area contributed by atoms with Crippen LogP contribution in [0.15, 0.2) is 12.2 Å². The molecule has 2 rings (SSSR count). The van der Waals surface area contributed by atoms with Gasteiger partial charge in [-0.2, -0.15) is 0 Å².